The highest BCUT2D eigenvalue weighted by atomic mass is 35.5. The Morgan fingerprint density at radius 2 is 2.00 bits per heavy atom. The second kappa shape index (κ2) is 5.20. The molecule has 1 aliphatic heterocycles. The number of nitrogens with one attached hydrogen (secondary N) is 2. The Kier molecular flexibility index (Phi) is 3.51. The molecule has 0 amide bonds. The summed E-state index contributed by atoms with van der Waals surface area (Å²) in [5, 5.41) is 3.32. The van der Waals surface area contributed by atoms with Crippen molar-refractivity contribution in [3.05, 3.63) is 52.8 Å². The third kappa shape index (κ3) is 2.82. The van der Waals surface area contributed by atoms with Gasteiger partial charge in [-0.15, -0.1) is 0 Å². The normalized spacial score (nSPS) is 13.6. The van der Waals surface area contributed by atoms with Crippen LogP contribution in [0.3, 0.4) is 0 Å². The van der Waals surface area contributed by atoms with E-state index in [1.807, 2.05) is 0 Å². The molecule has 2 aromatic carbocycles. The molecular weight excluding hydrogens is 315 g/mol. The lowest BCUT2D eigenvalue weighted by molar-refractivity contribution is 0.598. The highest BCUT2D eigenvalue weighted by Crippen LogP contribution is 2.27. The van der Waals surface area contributed by atoms with Crippen LogP contribution < -0.4 is 10.0 Å². The SMILES string of the molecule is O=S(=O)(Nc1ccc(Cl)cc1F)c1ccc2c(c1)NCC2. The van der Waals surface area contributed by atoms with Crippen LogP contribution in [-0.2, 0) is 16.4 Å². The summed E-state index contributed by atoms with van der Waals surface area (Å²) in [5.74, 6) is -0.717. The maximum atomic E-state index is 13.7. The Bertz CT molecular complexity index is 809. The third-order valence-electron chi connectivity index (χ3n) is 3.28. The smallest absolute Gasteiger partial charge is 0.262 e. The Labute approximate surface area is 127 Å². The Balaban J connectivity index is 1.93. The van der Waals surface area contributed by atoms with Crippen LogP contribution in [0.1, 0.15) is 5.56 Å². The van der Waals surface area contributed by atoms with Crippen LogP contribution in [0.4, 0.5) is 15.8 Å². The average molecular weight is 327 g/mol. The topological polar surface area (TPSA) is 58.2 Å². The molecule has 0 saturated heterocycles. The summed E-state index contributed by atoms with van der Waals surface area (Å²) in [5.41, 5.74) is 1.74. The van der Waals surface area contributed by atoms with E-state index in [0.717, 1.165) is 30.3 Å². The second-order valence-corrected chi connectivity index (χ2v) is 6.84. The Morgan fingerprint density at radius 1 is 1.19 bits per heavy atom. The predicted octanol–water partition coefficient (Wildman–Crippen LogP) is 3.25. The number of rotatable bonds is 3. The number of benzene rings is 2. The zero-order chi connectivity index (χ0) is 15.0. The monoisotopic (exact) mass is 326 g/mol. The molecule has 2 aromatic rings. The van der Waals surface area contributed by atoms with E-state index >= 15 is 0 Å². The Morgan fingerprint density at radius 3 is 2.76 bits per heavy atom. The van der Waals surface area contributed by atoms with E-state index in [9.17, 15) is 12.8 Å². The first-order valence-corrected chi connectivity index (χ1v) is 8.16. The van der Waals surface area contributed by atoms with Crippen LogP contribution in [0.2, 0.25) is 5.02 Å². The van der Waals surface area contributed by atoms with Gasteiger partial charge in [-0.1, -0.05) is 17.7 Å². The van der Waals surface area contributed by atoms with Gasteiger partial charge in [0.1, 0.15) is 5.82 Å². The molecule has 1 aliphatic rings. The first-order valence-electron chi connectivity index (χ1n) is 6.30. The second-order valence-electron chi connectivity index (χ2n) is 4.73. The first kappa shape index (κ1) is 14.2. The highest BCUT2D eigenvalue weighted by Gasteiger charge is 2.19. The molecule has 110 valence electrons. The van der Waals surface area contributed by atoms with Crippen LogP contribution in [0.25, 0.3) is 0 Å². The molecule has 0 bridgehead atoms. The van der Waals surface area contributed by atoms with E-state index in [1.165, 1.54) is 18.2 Å². The average Bonchev–Trinajstić information content (AvgIpc) is 2.89. The van der Waals surface area contributed by atoms with Gasteiger partial charge in [0.25, 0.3) is 10.0 Å². The number of sulfonamides is 1. The number of anilines is 2. The summed E-state index contributed by atoms with van der Waals surface area (Å²) < 4.78 is 40.5. The molecule has 2 N–H and O–H groups in total. The molecule has 0 aromatic heterocycles. The van der Waals surface area contributed by atoms with Crippen LogP contribution >= 0.6 is 11.6 Å². The molecule has 0 unspecified atom stereocenters. The number of hydrogen-bond donors (Lipinski definition) is 2. The van der Waals surface area contributed by atoms with Crippen molar-refractivity contribution in [2.75, 3.05) is 16.6 Å². The van der Waals surface area contributed by atoms with Crippen LogP contribution in [-0.4, -0.2) is 15.0 Å². The third-order valence-corrected chi connectivity index (χ3v) is 4.88. The molecule has 0 spiro atoms. The standard InChI is InChI=1S/C14H12ClFN2O2S/c15-10-2-4-13(12(16)7-10)18-21(19,20)11-3-1-9-5-6-17-14(9)8-11/h1-4,7-8,17-18H,5-6H2. The van der Waals surface area contributed by atoms with Gasteiger partial charge in [0.2, 0.25) is 0 Å². The minimum atomic E-state index is -3.84. The van der Waals surface area contributed by atoms with Crippen LogP contribution in [0.15, 0.2) is 41.3 Å². The largest absolute Gasteiger partial charge is 0.384 e. The zero-order valence-electron chi connectivity index (χ0n) is 10.9. The van der Waals surface area contributed by atoms with E-state index in [0.29, 0.717) is 0 Å². The summed E-state index contributed by atoms with van der Waals surface area (Å²) >= 11 is 5.64. The Hall–Kier alpha value is -1.79. The van der Waals surface area contributed by atoms with Crippen molar-refractivity contribution < 1.29 is 12.8 Å². The van der Waals surface area contributed by atoms with Crippen molar-refractivity contribution in [1.82, 2.24) is 0 Å². The van der Waals surface area contributed by atoms with Crippen molar-refractivity contribution in [2.45, 2.75) is 11.3 Å². The summed E-state index contributed by atoms with van der Waals surface area (Å²) in [6.45, 7) is 0.790. The lowest BCUT2D eigenvalue weighted by Crippen LogP contribution is -2.14. The van der Waals surface area contributed by atoms with E-state index < -0.39 is 15.8 Å². The molecule has 0 radical (unpaired) electrons. The molecule has 0 aliphatic carbocycles. The summed E-state index contributed by atoms with van der Waals surface area (Å²) in [6.07, 6.45) is 0.870. The van der Waals surface area contributed by atoms with Crippen molar-refractivity contribution in [3.8, 4) is 0 Å². The van der Waals surface area contributed by atoms with Gasteiger partial charge in [-0.2, -0.15) is 0 Å². The maximum absolute atomic E-state index is 13.7. The van der Waals surface area contributed by atoms with Gasteiger partial charge in [-0.25, -0.2) is 12.8 Å². The lowest BCUT2D eigenvalue weighted by Gasteiger charge is -2.10. The molecule has 4 nitrogen and oxygen atoms in total. The molecule has 0 saturated carbocycles. The minimum absolute atomic E-state index is 0.0880. The fourth-order valence-electron chi connectivity index (χ4n) is 2.21. The summed E-state index contributed by atoms with van der Waals surface area (Å²) in [7, 11) is -3.84. The van der Waals surface area contributed by atoms with Crippen LogP contribution in [0.5, 0.6) is 0 Å². The molecular formula is C14H12ClFN2O2S. The molecule has 1 heterocycles. The molecule has 0 fully saturated rings. The van der Waals surface area contributed by atoms with Gasteiger partial charge in [0.15, 0.2) is 0 Å². The maximum Gasteiger partial charge on any atom is 0.262 e. The van der Waals surface area contributed by atoms with E-state index in [4.69, 9.17) is 11.6 Å². The van der Waals surface area contributed by atoms with Crippen molar-refractivity contribution in [1.29, 1.82) is 0 Å². The number of fused-ring (bicyclic) bond motifs is 1. The van der Waals surface area contributed by atoms with Crippen molar-refractivity contribution >= 4 is 33.0 Å². The molecule has 3 rings (SSSR count). The molecule has 0 atom stereocenters. The highest BCUT2D eigenvalue weighted by molar-refractivity contribution is 7.92. The fourth-order valence-corrected chi connectivity index (χ4v) is 3.46. The molecule has 21 heavy (non-hydrogen) atoms. The van der Waals surface area contributed by atoms with E-state index in [2.05, 4.69) is 10.0 Å². The van der Waals surface area contributed by atoms with Crippen molar-refractivity contribution in [2.24, 2.45) is 0 Å². The quantitative estimate of drug-likeness (QED) is 0.910. The van der Waals surface area contributed by atoms with Gasteiger partial charge in [-0.3, -0.25) is 4.72 Å². The number of halogens is 2. The molecule has 7 heteroatoms. The minimum Gasteiger partial charge on any atom is -0.384 e. The predicted molar refractivity (Wildman–Crippen MR) is 80.9 cm³/mol. The van der Waals surface area contributed by atoms with Crippen molar-refractivity contribution in [3.63, 3.8) is 0 Å². The van der Waals surface area contributed by atoms with Gasteiger partial charge in [0.05, 0.1) is 10.6 Å². The van der Waals surface area contributed by atoms with E-state index in [1.54, 1.807) is 12.1 Å². The lowest BCUT2D eigenvalue weighted by atomic mass is 10.2. The van der Waals surface area contributed by atoms with Gasteiger partial charge in [0, 0.05) is 17.3 Å². The van der Waals surface area contributed by atoms with E-state index in [-0.39, 0.29) is 15.6 Å². The first-order chi connectivity index (χ1) is 9.95. The van der Waals surface area contributed by atoms with Gasteiger partial charge in [-0.05, 0) is 42.3 Å². The zero-order valence-corrected chi connectivity index (χ0v) is 12.4. The summed E-state index contributed by atoms with van der Waals surface area (Å²) in [4.78, 5) is 0.0880. The van der Waals surface area contributed by atoms with Crippen LogP contribution in [0, 0.1) is 5.82 Å². The fraction of sp³-hybridized carbons (Fsp3) is 0.143. The summed E-state index contributed by atoms with van der Waals surface area (Å²) in [6, 6.07) is 8.61. The van der Waals surface area contributed by atoms with Gasteiger partial charge >= 0.3 is 0 Å². The number of hydrogen-bond acceptors (Lipinski definition) is 3. The van der Waals surface area contributed by atoms with Gasteiger partial charge < -0.3 is 5.32 Å².